The van der Waals surface area contributed by atoms with Gasteiger partial charge in [-0.2, -0.15) is 18.4 Å². The monoisotopic (exact) mass is 250 g/mol. The van der Waals surface area contributed by atoms with Crippen LogP contribution >= 0.6 is 0 Å². The molecule has 0 bridgehead atoms. The topological polar surface area (TPSA) is 47.3 Å². The summed E-state index contributed by atoms with van der Waals surface area (Å²) in [5.74, 6) is -0.787. The molecule has 98 valence electrons. The third-order valence-electron chi connectivity index (χ3n) is 3.63. The van der Waals surface area contributed by atoms with E-state index in [-0.39, 0.29) is 18.9 Å². The van der Waals surface area contributed by atoms with Crippen LogP contribution < -0.4 is 0 Å². The van der Waals surface area contributed by atoms with Gasteiger partial charge in [0.2, 0.25) is 0 Å². The quantitative estimate of drug-likeness (QED) is 0.814. The van der Waals surface area contributed by atoms with Crippen molar-refractivity contribution in [2.75, 3.05) is 13.1 Å². The molecule has 2 atom stereocenters. The summed E-state index contributed by atoms with van der Waals surface area (Å²) in [6.07, 6.45) is -4.07. The normalized spacial score (nSPS) is 25.0. The smallest absolute Gasteiger partial charge is 0.380 e. The number of nitriles is 1. The second kappa shape index (κ2) is 4.83. The number of aliphatic hydroxyl groups is 1. The number of hydrogen-bond acceptors (Lipinski definition) is 3. The van der Waals surface area contributed by atoms with Gasteiger partial charge in [-0.1, -0.05) is 0 Å². The zero-order valence-corrected chi connectivity index (χ0v) is 9.96. The third-order valence-corrected chi connectivity index (χ3v) is 3.63. The van der Waals surface area contributed by atoms with Crippen molar-refractivity contribution in [2.24, 2.45) is 5.92 Å². The van der Waals surface area contributed by atoms with Gasteiger partial charge in [0.1, 0.15) is 0 Å². The number of alkyl halides is 3. The van der Waals surface area contributed by atoms with Gasteiger partial charge in [-0.15, -0.1) is 0 Å². The molecule has 1 aliphatic rings. The summed E-state index contributed by atoms with van der Waals surface area (Å²) in [5, 5.41) is 18.3. The zero-order valence-electron chi connectivity index (χ0n) is 9.96. The van der Waals surface area contributed by atoms with Gasteiger partial charge in [-0.05, 0) is 45.7 Å². The van der Waals surface area contributed by atoms with Crippen LogP contribution in [0.25, 0.3) is 0 Å². The van der Waals surface area contributed by atoms with Crippen molar-refractivity contribution in [3.8, 4) is 6.07 Å². The van der Waals surface area contributed by atoms with Gasteiger partial charge in [0.25, 0.3) is 0 Å². The summed E-state index contributed by atoms with van der Waals surface area (Å²) in [6, 6.07) is 1.77. The predicted octanol–water partition coefficient (Wildman–Crippen LogP) is 1.92. The van der Waals surface area contributed by atoms with E-state index in [1.165, 1.54) is 0 Å². The molecule has 1 saturated heterocycles. The number of likely N-dealkylation sites (tertiary alicyclic amines) is 1. The van der Waals surface area contributed by atoms with Crippen LogP contribution in [0.2, 0.25) is 0 Å². The van der Waals surface area contributed by atoms with Crippen molar-refractivity contribution in [3.63, 3.8) is 0 Å². The van der Waals surface area contributed by atoms with Crippen molar-refractivity contribution in [2.45, 2.75) is 44.5 Å². The SMILES string of the molecule is CC(C#N)N1CCC(C(C)(O)C(F)(F)F)CC1. The first-order valence-electron chi connectivity index (χ1n) is 5.63. The van der Waals surface area contributed by atoms with Crippen molar-refractivity contribution in [1.82, 2.24) is 4.90 Å². The van der Waals surface area contributed by atoms with Crippen molar-refractivity contribution < 1.29 is 18.3 Å². The molecule has 1 rings (SSSR count). The highest BCUT2D eigenvalue weighted by molar-refractivity contribution is 4.95. The Bertz CT molecular complexity index is 301. The Morgan fingerprint density at radius 2 is 1.82 bits per heavy atom. The molecule has 0 saturated carbocycles. The Morgan fingerprint density at radius 1 is 1.35 bits per heavy atom. The Morgan fingerprint density at radius 3 is 2.18 bits per heavy atom. The predicted molar refractivity (Wildman–Crippen MR) is 56.1 cm³/mol. The van der Waals surface area contributed by atoms with Gasteiger partial charge >= 0.3 is 6.18 Å². The van der Waals surface area contributed by atoms with Crippen LogP contribution in [0.1, 0.15) is 26.7 Å². The van der Waals surface area contributed by atoms with Crippen LogP contribution in [0.5, 0.6) is 0 Å². The fourth-order valence-corrected chi connectivity index (χ4v) is 2.16. The summed E-state index contributed by atoms with van der Waals surface area (Å²) >= 11 is 0. The first-order chi connectivity index (χ1) is 7.70. The molecule has 0 spiro atoms. The minimum absolute atomic E-state index is 0.262. The molecular weight excluding hydrogens is 233 g/mol. The fourth-order valence-electron chi connectivity index (χ4n) is 2.16. The van der Waals surface area contributed by atoms with E-state index in [1.54, 1.807) is 6.92 Å². The van der Waals surface area contributed by atoms with E-state index < -0.39 is 17.7 Å². The molecule has 0 aromatic heterocycles. The van der Waals surface area contributed by atoms with E-state index in [2.05, 4.69) is 6.07 Å². The lowest BCUT2D eigenvalue weighted by molar-refractivity contribution is -0.275. The molecule has 17 heavy (non-hydrogen) atoms. The van der Waals surface area contributed by atoms with E-state index in [4.69, 9.17) is 5.26 Å². The zero-order chi connectivity index (χ0) is 13.3. The highest BCUT2D eigenvalue weighted by atomic mass is 19.4. The number of piperidine rings is 1. The highest BCUT2D eigenvalue weighted by Crippen LogP contribution is 2.40. The van der Waals surface area contributed by atoms with Crippen LogP contribution in [0.15, 0.2) is 0 Å². The lowest BCUT2D eigenvalue weighted by atomic mass is 9.81. The Hall–Kier alpha value is -0.800. The second-order valence-electron chi connectivity index (χ2n) is 4.76. The number of rotatable bonds is 2. The molecule has 0 aliphatic carbocycles. The van der Waals surface area contributed by atoms with E-state index in [0.29, 0.717) is 13.1 Å². The van der Waals surface area contributed by atoms with Gasteiger partial charge in [0, 0.05) is 0 Å². The molecule has 0 aromatic rings. The van der Waals surface area contributed by atoms with Crippen LogP contribution in [0, 0.1) is 17.2 Å². The summed E-state index contributed by atoms with van der Waals surface area (Å²) in [5.41, 5.74) is -2.63. The van der Waals surface area contributed by atoms with E-state index >= 15 is 0 Å². The average Bonchev–Trinajstić information content (AvgIpc) is 2.26. The first-order valence-corrected chi connectivity index (χ1v) is 5.63. The molecule has 0 amide bonds. The minimum atomic E-state index is -4.60. The lowest BCUT2D eigenvalue weighted by Gasteiger charge is -2.40. The van der Waals surface area contributed by atoms with Gasteiger partial charge in [0.05, 0.1) is 12.1 Å². The van der Waals surface area contributed by atoms with Crippen LogP contribution in [0.3, 0.4) is 0 Å². The molecule has 0 radical (unpaired) electrons. The van der Waals surface area contributed by atoms with Gasteiger partial charge < -0.3 is 5.11 Å². The number of nitrogens with zero attached hydrogens (tertiary/aromatic N) is 2. The maximum absolute atomic E-state index is 12.6. The van der Waals surface area contributed by atoms with Crippen LogP contribution in [0.4, 0.5) is 13.2 Å². The maximum atomic E-state index is 12.6. The summed E-state index contributed by atoms with van der Waals surface area (Å²) in [7, 11) is 0. The first kappa shape index (κ1) is 14.3. The van der Waals surface area contributed by atoms with E-state index in [0.717, 1.165) is 6.92 Å². The van der Waals surface area contributed by atoms with Gasteiger partial charge in [0.15, 0.2) is 5.60 Å². The van der Waals surface area contributed by atoms with E-state index in [1.807, 2.05) is 4.90 Å². The molecular formula is C11H17F3N2O. The molecule has 1 aliphatic heterocycles. The summed E-state index contributed by atoms with van der Waals surface area (Å²) in [4.78, 5) is 1.84. The van der Waals surface area contributed by atoms with Crippen molar-refractivity contribution >= 4 is 0 Å². The summed E-state index contributed by atoms with van der Waals surface area (Å²) in [6.45, 7) is 3.40. The Kier molecular flexibility index (Phi) is 4.05. The average molecular weight is 250 g/mol. The molecule has 6 heteroatoms. The minimum Gasteiger partial charge on any atom is -0.380 e. The van der Waals surface area contributed by atoms with Crippen LogP contribution in [-0.2, 0) is 0 Å². The molecule has 1 N–H and O–H groups in total. The molecule has 1 fully saturated rings. The Balaban J connectivity index is 2.62. The highest BCUT2D eigenvalue weighted by Gasteiger charge is 2.55. The third kappa shape index (κ3) is 2.90. The number of halogens is 3. The lowest BCUT2D eigenvalue weighted by Crippen LogP contribution is -2.53. The van der Waals surface area contributed by atoms with Crippen molar-refractivity contribution in [3.05, 3.63) is 0 Å². The molecule has 3 nitrogen and oxygen atoms in total. The maximum Gasteiger partial charge on any atom is 0.417 e. The Labute approximate surface area is 98.8 Å². The fraction of sp³-hybridized carbons (Fsp3) is 0.909. The largest absolute Gasteiger partial charge is 0.417 e. The van der Waals surface area contributed by atoms with E-state index in [9.17, 15) is 18.3 Å². The molecule has 1 heterocycles. The standard InChI is InChI=1S/C11H17F3N2O/c1-8(7-15)16-5-3-9(4-6-16)10(2,17)11(12,13)14/h8-9,17H,3-6H2,1-2H3. The van der Waals surface area contributed by atoms with Gasteiger partial charge in [-0.3, -0.25) is 4.90 Å². The summed E-state index contributed by atoms with van der Waals surface area (Å²) < 4.78 is 37.9. The second-order valence-corrected chi connectivity index (χ2v) is 4.76. The molecule has 2 unspecified atom stereocenters. The van der Waals surface area contributed by atoms with Crippen molar-refractivity contribution in [1.29, 1.82) is 5.26 Å². The van der Waals surface area contributed by atoms with Crippen LogP contribution in [-0.4, -0.2) is 40.9 Å². The molecule has 0 aromatic carbocycles. The number of hydrogen-bond donors (Lipinski definition) is 1. The van der Waals surface area contributed by atoms with Gasteiger partial charge in [-0.25, -0.2) is 0 Å².